The molecule has 1 unspecified atom stereocenters. The molecule has 2 nitrogen and oxygen atoms in total. The fourth-order valence-corrected chi connectivity index (χ4v) is 0.597. The van der Waals surface area contributed by atoms with Crippen molar-refractivity contribution in [1.29, 1.82) is 0 Å². The topological polar surface area (TPSA) is 35.7 Å². The molecule has 8 heavy (non-hydrogen) atoms. The molecule has 0 aliphatic carbocycles. The predicted octanol–water partition coefficient (Wildman–Crippen LogP) is 1.51. The van der Waals surface area contributed by atoms with Gasteiger partial charge in [0, 0.05) is 11.9 Å². The molecule has 1 aromatic heterocycles. The number of hydrogen-bond donors (Lipinski definition) is 1. The number of aromatic nitrogens is 1. The molecule has 43 valence electrons. The summed E-state index contributed by atoms with van der Waals surface area (Å²) in [5, 5.41) is 10.6. The Bertz CT molecular complexity index is 144. The van der Waals surface area contributed by atoms with Crippen LogP contribution in [0, 0.1) is 0 Å². The Balaban J connectivity index is 2.77. The van der Waals surface area contributed by atoms with Crippen LogP contribution in [0.5, 0.6) is 0 Å². The van der Waals surface area contributed by atoms with E-state index in [1.54, 1.807) is 19.2 Å². The lowest BCUT2D eigenvalue weighted by Crippen LogP contribution is -1.86. The van der Waals surface area contributed by atoms with Crippen LogP contribution in [-0.2, 0) is 5.11 Å². The van der Waals surface area contributed by atoms with Gasteiger partial charge in [-0.2, -0.15) is 0 Å². The van der Waals surface area contributed by atoms with Crippen LogP contribution < -0.4 is 0 Å². The summed E-state index contributed by atoms with van der Waals surface area (Å²) < 4.78 is 0. The van der Waals surface area contributed by atoms with Gasteiger partial charge in [-0.25, -0.2) is 5.11 Å². The lowest BCUT2D eigenvalue weighted by molar-refractivity contribution is 0.103. The largest absolute Gasteiger partial charge is 0.363 e. The second-order valence-electron chi connectivity index (χ2n) is 1.77. The van der Waals surface area contributed by atoms with E-state index in [0.717, 1.165) is 5.69 Å². The highest BCUT2D eigenvalue weighted by molar-refractivity contribution is 5.05. The first kappa shape index (κ1) is 5.38. The standard InChI is InChI=1S/C6H8NO/c1-5(8)6-3-2-4-7-6/h2-5,7H,1H3. The molecule has 0 bridgehead atoms. The van der Waals surface area contributed by atoms with Gasteiger partial charge in [-0.15, -0.1) is 0 Å². The molecular weight excluding hydrogens is 102 g/mol. The summed E-state index contributed by atoms with van der Waals surface area (Å²) in [6.07, 6.45) is 1.13. The fourth-order valence-electron chi connectivity index (χ4n) is 0.597. The minimum Gasteiger partial charge on any atom is -0.363 e. The van der Waals surface area contributed by atoms with Gasteiger partial charge in [-0.3, -0.25) is 0 Å². The maximum absolute atomic E-state index is 10.6. The fraction of sp³-hybridized carbons (Fsp3) is 0.333. The molecular formula is C6H8NO. The Morgan fingerprint density at radius 3 is 2.75 bits per heavy atom. The Labute approximate surface area is 48.2 Å². The Morgan fingerprint density at radius 1 is 1.75 bits per heavy atom. The summed E-state index contributed by atoms with van der Waals surface area (Å²) in [6, 6.07) is 3.61. The first-order valence-electron chi connectivity index (χ1n) is 2.60. The van der Waals surface area contributed by atoms with Crippen LogP contribution in [0.4, 0.5) is 0 Å². The van der Waals surface area contributed by atoms with Gasteiger partial charge in [0.1, 0.15) is 6.10 Å². The third kappa shape index (κ3) is 0.898. The summed E-state index contributed by atoms with van der Waals surface area (Å²) in [7, 11) is 0. The van der Waals surface area contributed by atoms with Crippen molar-refractivity contribution >= 4 is 0 Å². The maximum atomic E-state index is 10.6. The zero-order valence-electron chi connectivity index (χ0n) is 4.72. The van der Waals surface area contributed by atoms with Gasteiger partial charge in [-0.05, 0) is 19.1 Å². The van der Waals surface area contributed by atoms with E-state index in [9.17, 15) is 5.11 Å². The average Bonchev–Trinajstić information content (AvgIpc) is 2.12. The van der Waals surface area contributed by atoms with Crippen LogP contribution in [0.3, 0.4) is 0 Å². The second kappa shape index (κ2) is 2.01. The van der Waals surface area contributed by atoms with Crippen molar-refractivity contribution in [1.82, 2.24) is 4.98 Å². The Hall–Kier alpha value is -0.760. The molecule has 1 rings (SSSR count). The van der Waals surface area contributed by atoms with Crippen molar-refractivity contribution in [3.05, 3.63) is 24.0 Å². The van der Waals surface area contributed by atoms with E-state index < -0.39 is 6.10 Å². The zero-order valence-corrected chi connectivity index (χ0v) is 4.72. The van der Waals surface area contributed by atoms with Gasteiger partial charge in [-0.1, -0.05) is 0 Å². The van der Waals surface area contributed by atoms with Crippen molar-refractivity contribution in [3.8, 4) is 0 Å². The third-order valence-corrected chi connectivity index (χ3v) is 1.06. The zero-order chi connectivity index (χ0) is 5.98. The molecule has 2 heteroatoms. The number of aromatic amines is 1. The summed E-state index contributed by atoms with van der Waals surface area (Å²) in [5.74, 6) is 0. The van der Waals surface area contributed by atoms with E-state index in [1.165, 1.54) is 0 Å². The molecule has 0 aliphatic heterocycles. The van der Waals surface area contributed by atoms with Gasteiger partial charge < -0.3 is 4.98 Å². The van der Waals surface area contributed by atoms with Gasteiger partial charge in [0.2, 0.25) is 0 Å². The first-order valence-corrected chi connectivity index (χ1v) is 2.60. The third-order valence-electron chi connectivity index (χ3n) is 1.06. The maximum Gasteiger partial charge on any atom is 0.130 e. The van der Waals surface area contributed by atoms with E-state index in [1.807, 2.05) is 6.07 Å². The van der Waals surface area contributed by atoms with Crippen molar-refractivity contribution in [3.63, 3.8) is 0 Å². The quantitative estimate of drug-likeness (QED) is 0.568. The van der Waals surface area contributed by atoms with Gasteiger partial charge in [0.15, 0.2) is 0 Å². The lowest BCUT2D eigenvalue weighted by atomic mass is 10.3. The molecule has 0 saturated carbocycles. The van der Waals surface area contributed by atoms with Gasteiger partial charge in [0.25, 0.3) is 0 Å². The van der Waals surface area contributed by atoms with Crippen LogP contribution in [0.2, 0.25) is 0 Å². The van der Waals surface area contributed by atoms with Crippen LogP contribution >= 0.6 is 0 Å². The molecule has 0 fully saturated rings. The number of hydrogen-bond acceptors (Lipinski definition) is 0. The predicted molar refractivity (Wildman–Crippen MR) is 29.9 cm³/mol. The Kier molecular flexibility index (Phi) is 1.35. The van der Waals surface area contributed by atoms with Gasteiger partial charge in [0.05, 0.1) is 0 Å². The van der Waals surface area contributed by atoms with Crippen molar-refractivity contribution < 1.29 is 5.11 Å². The van der Waals surface area contributed by atoms with Crippen LogP contribution in [0.1, 0.15) is 18.7 Å². The van der Waals surface area contributed by atoms with Crippen molar-refractivity contribution in [2.75, 3.05) is 0 Å². The lowest BCUT2D eigenvalue weighted by Gasteiger charge is -1.93. The Morgan fingerprint density at radius 2 is 2.50 bits per heavy atom. The van der Waals surface area contributed by atoms with Crippen LogP contribution in [-0.4, -0.2) is 4.98 Å². The highest BCUT2D eigenvalue weighted by Gasteiger charge is 1.99. The highest BCUT2D eigenvalue weighted by Crippen LogP contribution is 2.07. The summed E-state index contributed by atoms with van der Waals surface area (Å²) in [4.78, 5) is 2.82. The number of nitrogens with one attached hydrogen (secondary N) is 1. The van der Waals surface area contributed by atoms with Crippen LogP contribution in [0.25, 0.3) is 0 Å². The molecule has 1 heterocycles. The summed E-state index contributed by atoms with van der Waals surface area (Å²) in [6.45, 7) is 1.62. The molecule has 1 radical (unpaired) electrons. The molecule has 1 aromatic rings. The van der Waals surface area contributed by atoms with Crippen LogP contribution in [0.15, 0.2) is 18.3 Å². The SMILES string of the molecule is CC([O])c1ccc[nH]1. The van der Waals surface area contributed by atoms with Gasteiger partial charge >= 0.3 is 0 Å². The molecule has 0 spiro atoms. The number of H-pyrrole nitrogens is 1. The summed E-state index contributed by atoms with van der Waals surface area (Å²) >= 11 is 0. The average molecular weight is 110 g/mol. The molecule has 1 N–H and O–H groups in total. The number of rotatable bonds is 1. The van der Waals surface area contributed by atoms with E-state index in [2.05, 4.69) is 4.98 Å². The second-order valence-corrected chi connectivity index (χ2v) is 1.77. The molecule has 0 aromatic carbocycles. The molecule has 1 atom stereocenters. The molecule has 0 saturated heterocycles. The monoisotopic (exact) mass is 110 g/mol. The molecule has 0 amide bonds. The van der Waals surface area contributed by atoms with E-state index in [0.29, 0.717) is 0 Å². The molecule has 0 aliphatic rings. The van der Waals surface area contributed by atoms with Crippen molar-refractivity contribution in [2.45, 2.75) is 13.0 Å². The van der Waals surface area contributed by atoms with E-state index >= 15 is 0 Å². The van der Waals surface area contributed by atoms with E-state index in [4.69, 9.17) is 0 Å². The minimum atomic E-state index is -0.620. The first-order chi connectivity index (χ1) is 3.80. The summed E-state index contributed by atoms with van der Waals surface area (Å²) in [5.41, 5.74) is 0.755. The van der Waals surface area contributed by atoms with Crippen molar-refractivity contribution in [2.24, 2.45) is 0 Å². The van der Waals surface area contributed by atoms with E-state index in [-0.39, 0.29) is 0 Å². The smallest absolute Gasteiger partial charge is 0.130 e. The minimum absolute atomic E-state index is 0.620. The normalized spacial score (nSPS) is 13.8. The highest BCUT2D eigenvalue weighted by atomic mass is 16.3.